The molecule has 0 bridgehead atoms. The number of benzene rings is 1. The number of nitrogens with one attached hydrogen (secondary N) is 1. The van der Waals surface area contributed by atoms with E-state index in [4.69, 9.17) is 4.74 Å². The summed E-state index contributed by atoms with van der Waals surface area (Å²) in [6, 6.07) is 6.96. The second kappa shape index (κ2) is 9.19. The molecule has 1 atom stereocenters. The second-order valence-corrected chi connectivity index (χ2v) is 10.4. The maximum absolute atomic E-state index is 12.6. The van der Waals surface area contributed by atoms with E-state index in [1.807, 2.05) is 11.8 Å². The molecule has 0 spiro atoms. The minimum absolute atomic E-state index is 0.176. The average Bonchev–Trinajstić information content (AvgIpc) is 2.85. The molecule has 0 saturated heterocycles. The van der Waals surface area contributed by atoms with Crippen LogP contribution in [0.1, 0.15) is 38.5 Å². The quantitative estimate of drug-likeness (QED) is 0.727. The fourth-order valence-electron chi connectivity index (χ4n) is 3.60. The van der Waals surface area contributed by atoms with Crippen molar-refractivity contribution in [3.05, 3.63) is 24.3 Å². The number of carbonyl (C=O) groups is 1. The Kier molecular flexibility index (Phi) is 6.92. The molecule has 1 fully saturated rings. The van der Waals surface area contributed by atoms with Gasteiger partial charge >= 0.3 is 0 Å². The Labute approximate surface area is 166 Å². The van der Waals surface area contributed by atoms with Gasteiger partial charge < -0.3 is 10.1 Å². The third-order valence-corrected chi connectivity index (χ3v) is 7.56. The molecule has 150 valence electrons. The molecule has 0 aromatic heterocycles. The number of para-hydroxylation sites is 2. The molecule has 1 heterocycles. The largest absolute Gasteiger partial charge is 0.478 e. The van der Waals surface area contributed by atoms with E-state index in [0.717, 1.165) is 11.0 Å². The fraction of sp³-hybridized carbons (Fsp3) is 0.632. The number of sulfonamides is 1. The van der Waals surface area contributed by atoms with Crippen LogP contribution in [0.5, 0.6) is 5.75 Å². The van der Waals surface area contributed by atoms with Gasteiger partial charge in [0.15, 0.2) is 6.10 Å². The molecule has 1 N–H and O–H groups in total. The van der Waals surface area contributed by atoms with Crippen molar-refractivity contribution in [3.8, 4) is 5.75 Å². The van der Waals surface area contributed by atoms with Gasteiger partial charge in [-0.05, 0) is 25.0 Å². The zero-order chi connectivity index (χ0) is 19.3. The second-order valence-electron chi connectivity index (χ2n) is 7.12. The summed E-state index contributed by atoms with van der Waals surface area (Å²) >= 11 is 1.94. The molecule has 8 heteroatoms. The summed E-state index contributed by atoms with van der Waals surface area (Å²) in [4.78, 5) is 12.6. The highest BCUT2D eigenvalue weighted by molar-refractivity contribution is 7.99. The van der Waals surface area contributed by atoms with E-state index in [2.05, 4.69) is 5.32 Å². The summed E-state index contributed by atoms with van der Waals surface area (Å²) in [6.45, 7) is 0.835. The van der Waals surface area contributed by atoms with E-state index in [-0.39, 0.29) is 12.5 Å². The zero-order valence-electron chi connectivity index (χ0n) is 15.7. The molecule has 3 rings (SSSR count). The van der Waals surface area contributed by atoms with Gasteiger partial charge in [-0.2, -0.15) is 11.8 Å². The van der Waals surface area contributed by atoms with Crippen LogP contribution in [-0.4, -0.2) is 50.8 Å². The van der Waals surface area contributed by atoms with Crippen molar-refractivity contribution in [2.45, 2.75) is 49.9 Å². The Morgan fingerprint density at radius 1 is 1.22 bits per heavy atom. The van der Waals surface area contributed by atoms with Crippen LogP contribution in [-0.2, 0) is 14.8 Å². The smallest absolute Gasteiger partial charge is 0.261 e. The highest BCUT2D eigenvalue weighted by Crippen LogP contribution is 2.33. The molecule has 1 aromatic carbocycles. The predicted octanol–water partition coefficient (Wildman–Crippen LogP) is 2.79. The first-order valence-electron chi connectivity index (χ1n) is 9.58. The van der Waals surface area contributed by atoms with Gasteiger partial charge in [0.1, 0.15) is 5.75 Å². The van der Waals surface area contributed by atoms with Crippen molar-refractivity contribution < 1.29 is 17.9 Å². The molecule has 1 aliphatic carbocycles. The molecule has 0 radical (unpaired) electrons. The monoisotopic (exact) mass is 412 g/mol. The van der Waals surface area contributed by atoms with Crippen LogP contribution in [0.3, 0.4) is 0 Å². The zero-order valence-corrected chi connectivity index (χ0v) is 17.4. The molecule has 1 amide bonds. The number of amides is 1. The van der Waals surface area contributed by atoms with E-state index >= 15 is 0 Å². The number of nitrogens with zero attached hydrogens (tertiary/aromatic N) is 1. The van der Waals surface area contributed by atoms with Gasteiger partial charge in [-0.15, -0.1) is 0 Å². The first kappa shape index (κ1) is 20.3. The minimum Gasteiger partial charge on any atom is -0.478 e. The lowest BCUT2D eigenvalue weighted by atomic mass is 10.0. The number of anilines is 1. The maximum atomic E-state index is 12.6. The van der Waals surface area contributed by atoms with Gasteiger partial charge in [-0.25, -0.2) is 8.42 Å². The summed E-state index contributed by atoms with van der Waals surface area (Å²) in [5, 5.41) is 3.67. The van der Waals surface area contributed by atoms with Crippen LogP contribution >= 0.6 is 11.8 Å². The van der Waals surface area contributed by atoms with Crippen LogP contribution in [0.2, 0.25) is 0 Å². The van der Waals surface area contributed by atoms with Gasteiger partial charge in [0.25, 0.3) is 5.91 Å². The summed E-state index contributed by atoms with van der Waals surface area (Å²) < 4.78 is 31.4. The standard InChI is InChI=1S/C19H28N2O4S2/c1-27(23,24)21-13-11-18(25-17-10-6-5-9-16(17)21)19(22)20-12-14-26-15-7-3-2-4-8-15/h5-6,9-10,15,18H,2-4,7-8,11-14H2,1H3,(H,20,22). The van der Waals surface area contributed by atoms with Crippen molar-refractivity contribution in [1.82, 2.24) is 5.32 Å². The van der Waals surface area contributed by atoms with Crippen molar-refractivity contribution >= 4 is 33.4 Å². The molecule has 1 saturated carbocycles. The van der Waals surface area contributed by atoms with E-state index in [1.165, 1.54) is 42.7 Å². The first-order valence-corrected chi connectivity index (χ1v) is 12.5. The third kappa shape index (κ3) is 5.54. The number of ether oxygens (including phenoxy) is 1. The van der Waals surface area contributed by atoms with Crippen molar-refractivity contribution in [1.29, 1.82) is 0 Å². The summed E-state index contributed by atoms with van der Waals surface area (Å²) in [7, 11) is -3.43. The highest BCUT2D eigenvalue weighted by Gasteiger charge is 2.30. The molecule has 2 aliphatic rings. The molecule has 1 aromatic rings. The summed E-state index contributed by atoms with van der Waals surface area (Å²) in [6.07, 6.45) is 7.35. The van der Waals surface area contributed by atoms with Gasteiger partial charge in [-0.1, -0.05) is 31.4 Å². The topological polar surface area (TPSA) is 75.7 Å². The Morgan fingerprint density at radius 3 is 2.70 bits per heavy atom. The van der Waals surface area contributed by atoms with Crippen molar-refractivity contribution in [2.24, 2.45) is 0 Å². The molecular weight excluding hydrogens is 384 g/mol. The van der Waals surface area contributed by atoms with Gasteiger partial charge in [0, 0.05) is 30.5 Å². The number of thioether (sulfide) groups is 1. The molecule has 1 aliphatic heterocycles. The molecule has 27 heavy (non-hydrogen) atoms. The Hall–Kier alpha value is -1.41. The Bertz CT molecular complexity index is 748. The highest BCUT2D eigenvalue weighted by atomic mass is 32.2. The van der Waals surface area contributed by atoms with Gasteiger partial charge in [0.2, 0.25) is 10.0 Å². The molecule has 1 unspecified atom stereocenters. The van der Waals surface area contributed by atoms with Crippen LogP contribution in [0.15, 0.2) is 24.3 Å². The van der Waals surface area contributed by atoms with Crippen molar-refractivity contribution in [3.63, 3.8) is 0 Å². The van der Waals surface area contributed by atoms with E-state index < -0.39 is 16.1 Å². The lowest BCUT2D eigenvalue weighted by Gasteiger charge is -2.21. The minimum atomic E-state index is -3.43. The number of hydrogen-bond acceptors (Lipinski definition) is 5. The number of fused-ring (bicyclic) bond motifs is 1. The first-order chi connectivity index (χ1) is 12.9. The van der Waals surface area contributed by atoms with Crippen LogP contribution in [0.25, 0.3) is 0 Å². The summed E-state index contributed by atoms with van der Waals surface area (Å²) in [5.74, 6) is 1.15. The lowest BCUT2D eigenvalue weighted by Crippen LogP contribution is -2.40. The number of hydrogen-bond donors (Lipinski definition) is 1. The van der Waals surface area contributed by atoms with E-state index in [9.17, 15) is 13.2 Å². The predicted molar refractivity (Wildman–Crippen MR) is 110 cm³/mol. The van der Waals surface area contributed by atoms with Crippen molar-refractivity contribution in [2.75, 3.05) is 29.4 Å². The Morgan fingerprint density at radius 2 is 1.96 bits per heavy atom. The number of rotatable bonds is 6. The summed E-state index contributed by atoms with van der Waals surface area (Å²) in [5.41, 5.74) is 0.489. The van der Waals surface area contributed by atoms with Crippen LogP contribution in [0.4, 0.5) is 5.69 Å². The molecular formula is C19H28N2O4S2. The normalized spacial score (nSPS) is 21.1. The Balaban J connectivity index is 1.55. The third-order valence-electron chi connectivity index (χ3n) is 5.00. The lowest BCUT2D eigenvalue weighted by molar-refractivity contribution is -0.127. The SMILES string of the molecule is CS(=O)(=O)N1CCC(C(=O)NCCSC2CCCCC2)Oc2ccccc21. The van der Waals surface area contributed by atoms with Gasteiger partial charge in [-0.3, -0.25) is 9.10 Å². The maximum Gasteiger partial charge on any atom is 0.261 e. The fourth-order valence-corrected chi connectivity index (χ4v) is 5.77. The average molecular weight is 413 g/mol. The van der Waals surface area contributed by atoms with E-state index in [1.54, 1.807) is 24.3 Å². The van der Waals surface area contributed by atoms with Crippen LogP contribution < -0.4 is 14.4 Å². The van der Waals surface area contributed by atoms with Crippen LogP contribution in [0, 0.1) is 0 Å². The molecule has 6 nitrogen and oxygen atoms in total. The number of carbonyl (C=O) groups excluding carboxylic acids is 1. The van der Waals surface area contributed by atoms with E-state index in [0.29, 0.717) is 24.4 Å². The van der Waals surface area contributed by atoms with Gasteiger partial charge in [0.05, 0.1) is 11.9 Å².